The van der Waals surface area contributed by atoms with Gasteiger partial charge in [0.15, 0.2) is 0 Å². The standard InChI is InChI=1S/C19H23NO2/c1-19(2,14-22-3)16-11-7-8-12-17(16)20-18(21)13-15-9-5-4-6-10-15/h4-12H,13-14H2,1-3H3,(H,20,21). The molecule has 0 heterocycles. The van der Waals surface area contributed by atoms with Crippen molar-refractivity contribution >= 4 is 11.6 Å². The molecule has 2 rings (SSSR count). The number of para-hydroxylation sites is 1. The molecule has 3 nitrogen and oxygen atoms in total. The van der Waals surface area contributed by atoms with Crippen molar-refractivity contribution in [2.45, 2.75) is 25.7 Å². The third kappa shape index (κ3) is 4.18. The predicted molar refractivity (Wildman–Crippen MR) is 90.1 cm³/mol. The Morgan fingerprint density at radius 3 is 2.36 bits per heavy atom. The summed E-state index contributed by atoms with van der Waals surface area (Å²) in [6.07, 6.45) is 0.375. The minimum atomic E-state index is -0.161. The maximum absolute atomic E-state index is 12.3. The molecule has 2 aromatic carbocycles. The summed E-state index contributed by atoms with van der Waals surface area (Å²) in [4.78, 5) is 12.3. The van der Waals surface area contributed by atoms with Gasteiger partial charge in [-0.1, -0.05) is 62.4 Å². The highest BCUT2D eigenvalue weighted by molar-refractivity contribution is 5.93. The second kappa shape index (κ2) is 7.23. The summed E-state index contributed by atoms with van der Waals surface area (Å²) in [7, 11) is 1.69. The molecule has 0 aromatic heterocycles. The van der Waals surface area contributed by atoms with E-state index in [0.717, 1.165) is 16.8 Å². The Kier molecular flexibility index (Phi) is 5.34. The lowest BCUT2D eigenvalue weighted by Gasteiger charge is -2.27. The van der Waals surface area contributed by atoms with E-state index in [2.05, 4.69) is 19.2 Å². The number of hydrogen-bond donors (Lipinski definition) is 1. The van der Waals surface area contributed by atoms with Crippen molar-refractivity contribution < 1.29 is 9.53 Å². The van der Waals surface area contributed by atoms with E-state index in [9.17, 15) is 4.79 Å². The van der Waals surface area contributed by atoms with Crippen LogP contribution in [0.25, 0.3) is 0 Å². The molecule has 1 N–H and O–H groups in total. The molecule has 0 aliphatic rings. The molecule has 22 heavy (non-hydrogen) atoms. The van der Waals surface area contributed by atoms with Crippen LogP contribution in [0.2, 0.25) is 0 Å². The zero-order valence-corrected chi connectivity index (χ0v) is 13.4. The Labute approximate surface area is 132 Å². The van der Waals surface area contributed by atoms with E-state index in [0.29, 0.717) is 13.0 Å². The fourth-order valence-corrected chi connectivity index (χ4v) is 2.60. The molecule has 0 aliphatic carbocycles. The number of nitrogens with one attached hydrogen (secondary N) is 1. The number of ether oxygens (including phenoxy) is 1. The number of anilines is 1. The predicted octanol–water partition coefficient (Wildman–Crippen LogP) is 3.79. The molecule has 116 valence electrons. The molecule has 0 fully saturated rings. The van der Waals surface area contributed by atoms with Crippen LogP contribution in [0.5, 0.6) is 0 Å². The summed E-state index contributed by atoms with van der Waals surface area (Å²) in [5.74, 6) is -0.00753. The average Bonchev–Trinajstić information content (AvgIpc) is 2.48. The molecule has 0 atom stereocenters. The van der Waals surface area contributed by atoms with Gasteiger partial charge in [-0.2, -0.15) is 0 Å². The van der Waals surface area contributed by atoms with Gasteiger partial charge in [0.25, 0.3) is 0 Å². The van der Waals surface area contributed by atoms with Crippen LogP contribution in [0.4, 0.5) is 5.69 Å². The van der Waals surface area contributed by atoms with Gasteiger partial charge in [0.05, 0.1) is 13.0 Å². The first kappa shape index (κ1) is 16.2. The summed E-state index contributed by atoms with van der Waals surface area (Å²) in [5, 5.41) is 3.03. The van der Waals surface area contributed by atoms with Gasteiger partial charge >= 0.3 is 0 Å². The van der Waals surface area contributed by atoms with Crippen LogP contribution in [0.3, 0.4) is 0 Å². The maximum atomic E-state index is 12.3. The molecule has 3 heteroatoms. The van der Waals surface area contributed by atoms with Gasteiger partial charge in [-0.15, -0.1) is 0 Å². The minimum absolute atomic E-state index is 0.00753. The molecule has 0 unspecified atom stereocenters. The molecule has 0 spiro atoms. The number of carbonyl (C=O) groups is 1. The molecule has 0 bridgehead atoms. The molecular formula is C19H23NO2. The lowest BCUT2D eigenvalue weighted by molar-refractivity contribution is -0.115. The fraction of sp³-hybridized carbons (Fsp3) is 0.316. The van der Waals surface area contributed by atoms with Gasteiger partial charge < -0.3 is 10.1 Å². The highest BCUT2D eigenvalue weighted by Crippen LogP contribution is 2.30. The average molecular weight is 297 g/mol. The largest absolute Gasteiger partial charge is 0.384 e. The van der Waals surface area contributed by atoms with Crippen LogP contribution in [0.15, 0.2) is 54.6 Å². The lowest BCUT2D eigenvalue weighted by atomic mass is 9.84. The zero-order valence-electron chi connectivity index (χ0n) is 13.4. The molecule has 2 aromatic rings. The first-order valence-corrected chi connectivity index (χ1v) is 7.45. The van der Waals surface area contributed by atoms with E-state index < -0.39 is 0 Å². The van der Waals surface area contributed by atoms with Crippen molar-refractivity contribution in [2.24, 2.45) is 0 Å². The quantitative estimate of drug-likeness (QED) is 0.881. The molecule has 1 amide bonds. The van der Waals surface area contributed by atoms with Crippen molar-refractivity contribution in [1.29, 1.82) is 0 Å². The summed E-state index contributed by atoms with van der Waals surface area (Å²) in [6.45, 7) is 4.82. The number of rotatable bonds is 6. The highest BCUT2D eigenvalue weighted by atomic mass is 16.5. The molecule has 0 saturated carbocycles. The van der Waals surface area contributed by atoms with Crippen LogP contribution in [-0.2, 0) is 21.4 Å². The van der Waals surface area contributed by atoms with Gasteiger partial charge in [0, 0.05) is 18.2 Å². The van der Waals surface area contributed by atoms with Crippen molar-refractivity contribution in [1.82, 2.24) is 0 Å². The van der Waals surface area contributed by atoms with Crippen LogP contribution >= 0.6 is 0 Å². The Morgan fingerprint density at radius 2 is 1.68 bits per heavy atom. The van der Waals surface area contributed by atoms with Gasteiger partial charge in [0.2, 0.25) is 5.91 Å². The second-order valence-electron chi connectivity index (χ2n) is 6.07. The van der Waals surface area contributed by atoms with Crippen molar-refractivity contribution in [3.8, 4) is 0 Å². The highest BCUT2D eigenvalue weighted by Gasteiger charge is 2.24. The number of hydrogen-bond acceptors (Lipinski definition) is 2. The summed E-state index contributed by atoms with van der Waals surface area (Å²) in [6, 6.07) is 17.7. The first-order valence-electron chi connectivity index (χ1n) is 7.45. The number of amides is 1. The van der Waals surface area contributed by atoms with Crippen LogP contribution < -0.4 is 5.32 Å². The molecule has 0 saturated heterocycles. The Morgan fingerprint density at radius 1 is 1.05 bits per heavy atom. The topological polar surface area (TPSA) is 38.3 Å². The lowest BCUT2D eigenvalue weighted by Crippen LogP contribution is -2.26. The van der Waals surface area contributed by atoms with E-state index in [4.69, 9.17) is 4.74 Å². The fourth-order valence-electron chi connectivity index (χ4n) is 2.60. The Bertz CT molecular complexity index is 620. The number of methoxy groups -OCH3 is 1. The zero-order chi connectivity index (χ0) is 16.0. The number of benzene rings is 2. The second-order valence-corrected chi connectivity index (χ2v) is 6.07. The van der Waals surface area contributed by atoms with Crippen molar-refractivity contribution in [3.63, 3.8) is 0 Å². The van der Waals surface area contributed by atoms with Crippen LogP contribution in [0.1, 0.15) is 25.0 Å². The molecule has 0 aliphatic heterocycles. The normalized spacial score (nSPS) is 11.2. The maximum Gasteiger partial charge on any atom is 0.228 e. The molecule has 0 radical (unpaired) electrons. The SMILES string of the molecule is COCC(C)(C)c1ccccc1NC(=O)Cc1ccccc1. The van der Waals surface area contributed by atoms with Gasteiger partial charge in [-0.3, -0.25) is 4.79 Å². The van der Waals surface area contributed by atoms with Crippen LogP contribution in [0, 0.1) is 0 Å². The van der Waals surface area contributed by atoms with E-state index in [1.165, 1.54) is 0 Å². The van der Waals surface area contributed by atoms with Gasteiger partial charge in [0.1, 0.15) is 0 Å². The smallest absolute Gasteiger partial charge is 0.228 e. The van der Waals surface area contributed by atoms with Crippen molar-refractivity contribution in [3.05, 3.63) is 65.7 Å². The number of carbonyl (C=O) groups excluding carboxylic acids is 1. The van der Waals surface area contributed by atoms with E-state index in [1.807, 2.05) is 54.6 Å². The Balaban J connectivity index is 2.14. The van der Waals surface area contributed by atoms with E-state index >= 15 is 0 Å². The monoisotopic (exact) mass is 297 g/mol. The molecular weight excluding hydrogens is 274 g/mol. The summed E-state index contributed by atoms with van der Waals surface area (Å²) < 4.78 is 5.30. The summed E-state index contributed by atoms with van der Waals surface area (Å²) in [5.41, 5.74) is 2.78. The minimum Gasteiger partial charge on any atom is -0.384 e. The van der Waals surface area contributed by atoms with Gasteiger partial charge in [-0.25, -0.2) is 0 Å². The van der Waals surface area contributed by atoms with Crippen molar-refractivity contribution in [2.75, 3.05) is 19.0 Å². The Hall–Kier alpha value is -2.13. The third-order valence-electron chi connectivity index (χ3n) is 3.64. The first-order chi connectivity index (χ1) is 10.5. The van der Waals surface area contributed by atoms with Gasteiger partial charge in [-0.05, 0) is 17.2 Å². The third-order valence-corrected chi connectivity index (χ3v) is 3.64. The summed E-state index contributed by atoms with van der Waals surface area (Å²) >= 11 is 0. The van der Waals surface area contributed by atoms with Crippen LogP contribution in [-0.4, -0.2) is 19.6 Å². The van der Waals surface area contributed by atoms with E-state index in [1.54, 1.807) is 7.11 Å². The van der Waals surface area contributed by atoms with E-state index in [-0.39, 0.29) is 11.3 Å².